The van der Waals surface area contributed by atoms with Gasteiger partial charge in [-0.1, -0.05) is 6.92 Å². The minimum absolute atomic E-state index is 1.15. The third kappa shape index (κ3) is 0.962. The van der Waals surface area contributed by atoms with Crippen LogP contribution in [0.25, 0.3) is 0 Å². The largest absolute Gasteiger partial charge is 0.354 e. The van der Waals surface area contributed by atoms with Crippen LogP contribution >= 0.6 is 0 Å². The van der Waals surface area contributed by atoms with Crippen molar-refractivity contribution in [3.8, 4) is 0 Å². The zero-order chi connectivity index (χ0) is 7.72. The van der Waals surface area contributed by atoms with Crippen molar-refractivity contribution in [2.24, 2.45) is 7.05 Å². The Labute approximate surface area is 62.7 Å². The third-order valence-corrected chi connectivity index (χ3v) is 2.28. The van der Waals surface area contributed by atoms with Crippen LogP contribution in [0.5, 0.6) is 0 Å². The maximum Gasteiger partial charge on any atom is 0.0172 e. The van der Waals surface area contributed by atoms with Gasteiger partial charge in [0.05, 0.1) is 0 Å². The zero-order valence-electron chi connectivity index (χ0n) is 7.23. The van der Waals surface area contributed by atoms with E-state index >= 15 is 0 Å². The van der Waals surface area contributed by atoms with Gasteiger partial charge >= 0.3 is 0 Å². The van der Waals surface area contributed by atoms with E-state index in [1.807, 2.05) is 0 Å². The summed E-state index contributed by atoms with van der Waals surface area (Å²) in [6, 6.07) is 0. The topological polar surface area (TPSA) is 4.93 Å². The Hall–Kier alpha value is -0.720. The number of aryl methyl sites for hydroxylation is 2. The Morgan fingerprint density at radius 1 is 1.40 bits per heavy atom. The summed E-state index contributed by atoms with van der Waals surface area (Å²) in [6.07, 6.45) is 3.36. The first kappa shape index (κ1) is 7.39. The van der Waals surface area contributed by atoms with Crippen LogP contribution in [0, 0.1) is 13.8 Å². The van der Waals surface area contributed by atoms with Crippen LogP contribution in [0.4, 0.5) is 0 Å². The van der Waals surface area contributed by atoms with Gasteiger partial charge in [0.25, 0.3) is 0 Å². The van der Waals surface area contributed by atoms with Gasteiger partial charge < -0.3 is 4.57 Å². The quantitative estimate of drug-likeness (QED) is 0.559. The predicted molar refractivity (Wildman–Crippen MR) is 44.3 cm³/mol. The summed E-state index contributed by atoms with van der Waals surface area (Å²) in [5.74, 6) is 0. The first-order valence-corrected chi connectivity index (χ1v) is 3.78. The molecule has 0 amide bonds. The first-order chi connectivity index (χ1) is 4.66. The Balaban J connectivity index is 3.17. The number of hydrogen-bond donors (Lipinski definition) is 0. The fourth-order valence-corrected chi connectivity index (χ4v) is 1.28. The van der Waals surface area contributed by atoms with Crippen molar-refractivity contribution in [1.82, 2.24) is 4.57 Å². The van der Waals surface area contributed by atoms with Crippen LogP contribution in [-0.4, -0.2) is 4.57 Å². The number of rotatable bonds is 1. The molecule has 1 aromatic heterocycles. The Morgan fingerprint density at radius 2 is 2.00 bits per heavy atom. The smallest absolute Gasteiger partial charge is 0.0172 e. The molecule has 0 atom stereocenters. The molecular weight excluding hydrogens is 122 g/mol. The van der Waals surface area contributed by atoms with E-state index in [1.54, 1.807) is 0 Å². The molecule has 0 saturated heterocycles. The second-order valence-electron chi connectivity index (χ2n) is 2.83. The molecular formula is C9H15N. The van der Waals surface area contributed by atoms with E-state index in [4.69, 9.17) is 0 Å². The molecule has 1 heterocycles. The van der Waals surface area contributed by atoms with Gasteiger partial charge in [-0.05, 0) is 31.4 Å². The van der Waals surface area contributed by atoms with Crippen LogP contribution in [0.3, 0.4) is 0 Å². The highest BCUT2D eigenvalue weighted by Crippen LogP contribution is 2.14. The fourth-order valence-electron chi connectivity index (χ4n) is 1.28. The molecule has 0 unspecified atom stereocenters. The molecule has 0 aliphatic rings. The van der Waals surface area contributed by atoms with Gasteiger partial charge in [-0.3, -0.25) is 0 Å². The highest BCUT2D eigenvalue weighted by molar-refractivity contribution is 5.29. The van der Waals surface area contributed by atoms with Crippen LogP contribution < -0.4 is 0 Å². The Kier molecular flexibility index (Phi) is 1.84. The minimum Gasteiger partial charge on any atom is -0.354 e. The second-order valence-corrected chi connectivity index (χ2v) is 2.83. The molecule has 1 rings (SSSR count). The zero-order valence-corrected chi connectivity index (χ0v) is 7.23. The molecule has 56 valence electrons. The van der Waals surface area contributed by atoms with Crippen molar-refractivity contribution in [3.05, 3.63) is 23.0 Å². The van der Waals surface area contributed by atoms with Crippen molar-refractivity contribution < 1.29 is 0 Å². The minimum atomic E-state index is 1.15. The summed E-state index contributed by atoms with van der Waals surface area (Å²) in [7, 11) is 2.10. The van der Waals surface area contributed by atoms with Gasteiger partial charge in [-0.15, -0.1) is 0 Å². The average molecular weight is 137 g/mol. The monoisotopic (exact) mass is 137 g/mol. The van der Waals surface area contributed by atoms with Crippen molar-refractivity contribution >= 4 is 0 Å². The first-order valence-electron chi connectivity index (χ1n) is 3.78. The molecule has 1 heteroatoms. The van der Waals surface area contributed by atoms with E-state index in [-0.39, 0.29) is 0 Å². The maximum absolute atomic E-state index is 2.21. The van der Waals surface area contributed by atoms with E-state index < -0.39 is 0 Å². The normalized spacial score (nSPS) is 10.4. The fraction of sp³-hybridized carbons (Fsp3) is 0.556. The van der Waals surface area contributed by atoms with Gasteiger partial charge in [-0.25, -0.2) is 0 Å². The lowest BCUT2D eigenvalue weighted by Gasteiger charge is -1.94. The predicted octanol–water partition coefficient (Wildman–Crippen LogP) is 2.20. The molecule has 1 nitrogen and oxygen atoms in total. The van der Waals surface area contributed by atoms with Crippen molar-refractivity contribution in [1.29, 1.82) is 0 Å². The summed E-state index contributed by atoms with van der Waals surface area (Å²) >= 11 is 0. The van der Waals surface area contributed by atoms with Crippen LogP contribution in [0.15, 0.2) is 6.20 Å². The molecule has 0 fully saturated rings. The van der Waals surface area contributed by atoms with Crippen LogP contribution in [0.2, 0.25) is 0 Å². The number of nitrogens with zero attached hydrogens (tertiary/aromatic N) is 1. The molecule has 0 aliphatic heterocycles. The highest BCUT2D eigenvalue weighted by Gasteiger charge is 2.02. The van der Waals surface area contributed by atoms with E-state index in [1.165, 1.54) is 16.8 Å². The van der Waals surface area contributed by atoms with Crippen LogP contribution in [0.1, 0.15) is 23.7 Å². The molecule has 1 aromatic rings. The SMILES string of the molecule is CCc1cn(C)c(C)c1C. The third-order valence-electron chi connectivity index (χ3n) is 2.28. The summed E-state index contributed by atoms with van der Waals surface area (Å²) in [5, 5.41) is 0. The maximum atomic E-state index is 2.21. The molecule has 0 N–H and O–H groups in total. The highest BCUT2D eigenvalue weighted by atomic mass is 14.9. The molecule has 10 heavy (non-hydrogen) atoms. The van der Waals surface area contributed by atoms with E-state index in [9.17, 15) is 0 Å². The molecule has 0 saturated carbocycles. The van der Waals surface area contributed by atoms with Gasteiger partial charge in [0.2, 0.25) is 0 Å². The van der Waals surface area contributed by atoms with Crippen molar-refractivity contribution in [3.63, 3.8) is 0 Å². The lowest BCUT2D eigenvalue weighted by atomic mass is 10.1. The summed E-state index contributed by atoms with van der Waals surface area (Å²) < 4.78 is 2.19. The number of hydrogen-bond acceptors (Lipinski definition) is 0. The Bertz CT molecular complexity index is 233. The standard InChI is InChI=1S/C9H15N/c1-5-9-6-10(4)8(3)7(9)2/h6H,5H2,1-4H3. The van der Waals surface area contributed by atoms with Gasteiger partial charge in [-0.2, -0.15) is 0 Å². The summed E-state index contributed by atoms with van der Waals surface area (Å²) in [6.45, 7) is 6.55. The van der Waals surface area contributed by atoms with E-state index in [0.717, 1.165) is 6.42 Å². The molecule has 0 aliphatic carbocycles. The summed E-state index contributed by atoms with van der Waals surface area (Å²) in [5.41, 5.74) is 4.31. The molecule has 0 bridgehead atoms. The molecule has 0 spiro atoms. The number of aromatic nitrogens is 1. The van der Waals surface area contributed by atoms with E-state index in [2.05, 4.69) is 38.6 Å². The lowest BCUT2D eigenvalue weighted by molar-refractivity contribution is 0.874. The van der Waals surface area contributed by atoms with Crippen molar-refractivity contribution in [2.75, 3.05) is 0 Å². The summed E-state index contributed by atoms with van der Waals surface area (Å²) in [4.78, 5) is 0. The molecule has 0 aromatic carbocycles. The van der Waals surface area contributed by atoms with Gasteiger partial charge in [0, 0.05) is 18.9 Å². The van der Waals surface area contributed by atoms with Gasteiger partial charge in [0.1, 0.15) is 0 Å². The molecule has 0 radical (unpaired) electrons. The lowest BCUT2D eigenvalue weighted by Crippen LogP contribution is -1.87. The van der Waals surface area contributed by atoms with Crippen LogP contribution in [-0.2, 0) is 13.5 Å². The van der Waals surface area contributed by atoms with Gasteiger partial charge in [0.15, 0.2) is 0 Å². The van der Waals surface area contributed by atoms with E-state index in [0.29, 0.717) is 0 Å². The van der Waals surface area contributed by atoms with Crippen molar-refractivity contribution in [2.45, 2.75) is 27.2 Å². The second kappa shape index (κ2) is 2.49. The Morgan fingerprint density at radius 3 is 2.20 bits per heavy atom. The average Bonchev–Trinajstić information content (AvgIpc) is 2.17.